The molecule has 3 aromatic heterocycles. The van der Waals surface area contributed by atoms with Crippen LogP contribution in [0.1, 0.15) is 77.9 Å². The van der Waals surface area contributed by atoms with Crippen molar-refractivity contribution in [3.05, 3.63) is 91.2 Å². The number of carbonyl (C=O) groups is 3. The summed E-state index contributed by atoms with van der Waals surface area (Å²) in [5.74, 6) is 2.67. The summed E-state index contributed by atoms with van der Waals surface area (Å²) in [5, 5.41) is 6.96. The van der Waals surface area contributed by atoms with Crippen LogP contribution in [-0.4, -0.2) is 92.0 Å². The van der Waals surface area contributed by atoms with Crippen LogP contribution in [0.3, 0.4) is 0 Å². The normalized spacial score (nSPS) is 23.6. The van der Waals surface area contributed by atoms with Crippen LogP contribution in [0.15, 0.2) is 79.6 Å². The molecule has 62 heavy (non-hydrogen) atoms. The highest BCUT2D eigenvalue weighted by atomic mass is 16.5. The number of carbonyl (C=O) groups excluding carboxylic acids is 3. The summed E-state index contributed by atoms with van der Waals surface area (Å²) in [6.07, 6.45) is 10.4. The molecule has 0 spiro atoms. The van der Waals surface area contributed by atoms with E-state index in [1.54, 1.807) is 7.11 Å². The lowest BCUT2D eigenvalue weighted by atomic mass is 9.93. The standard InChI is InChI=1S/C48H57N9O5/c1-27(2)39(52-29(5)61-6)42(58)56-25-30-16-18-47(56,21-30)44-50-23-37(53-44)33-12-10-32(11-13-33)34-14-15-35(36-9-8-20-49-41(34)36)38-24-51-45(54-38)48-19-17-31(22-48)26-57(48)43(59)40(28(3)4)55-46(60)62-7/h8-15,20,23-24,27-28,30-31,39-40,52H,5,16-19,21-22,25-26H2,1-4,6-7H3,(H,50,53)(H,51,54)(H,55,60)/t30-,31-,39-,40-,47-,48-/m0/s1. The zero-order valence-electron chi connectivity index (χ0n) is 36.5. The first kappa shape index (κ1) is 41.2. The molecule has 0 unspecified atom stereocenters. The predicted molar refractivity (Wildman–Crippen MR) is 236 cm³/mol. The molecular formula is C48H57N9O5. The molecule has 5 aromatic rings. The Kier molecular flexibility index (Phi) is 10.6. The number of nitrogens with one attached hydrogen (secondary N) is 4. The molecule has 5 heterocycles. The Morgan fingerprint density at radius 3 is 1.84 bits per heavy atom. The number of H-pyrrole nitrogens is 2. The van der Waals surface area contributed by atoms with E-state index >= 15 is 0 Å². The van der Waals surface area contributed by atoms with Gasteiger partial charge in [0.15, 0.2) is 5.88 Å². The zero-order chi connectivity index (χ0) is 43.5. The summed E-state index contributed by atoms with van der Waals surface area (Å²) >= 11 is 0. The van der Waals surface area contributed by atoms with Gasteiger partial charge in [-0.15, -0.1) is 0 Å². The largest absolute Gasteiger partial charge is 0.483 e. The molecular weight excluding hydrogens is 783 g/mol. The zero-order valence-corrected chi connectivity index (χ0v) is 36.5. The lowest BCUT2D eigenvalue weighted by Crippen LogP contribution is -2.56. The van der Waals surface area contributed by atoms with Crippen molar-refractivity contribution in [2.75, 3.05) is 27.3 Å². The van der Waals surface area contributed by atoms with Crippen LogP contribution >= 0.6 is 0 Å². The van der Waals surface area contributed by atoms with Gasteiger partial charge in [0.05, 0.1) is 43.5 Å². The maximum atomic E-state index is 14.1. The van der Waals surface area contributed by atoms with Crippen molar-refractivity contribution in [2.24, 2.45) is 23.7 Å². The van der Waals surface area contributed by atoms with E-state index in [1.165, 1.54) is 7.11 Å². The SMILES string of the molecule is C=C(N[C@H](C(=O)N1C[C@H]2CC[C@@]1(c1ncc(-c3ccc(-c4ccc(-c5cnc([C@@]67CC[C@H](CN6C(=O)[C@@H](NC(=O)OC)C(C)C)C7)[nH]5)c5cccnc45)cc3)[nH]1)C2)C(C)C)OC. The summed E-state index contributed by atoms with van der Waals surface area (Å²) in [4.78, 5) is 66.5. The maximum Gasteiger partial charge on any atom is 0.407 e. The first-order valence-electron chi connectivity index (χ1n) is 21.9. The van der Waals surface area contributed by atoms with E-state index in [0.717, 1.165) is 94.7 Å². The molecule has 0 radical (unpaired) electrons. The van der Waals surface area contributed by atoms with Crippen LogP contribution in [0, 0.1) is 23.7 Å². The molecule has 324 valence electrons. The molecule has 2 aromatic carbocycles. The first-order valence-corrected chi connectivity index (χ1v) is 21.9. The van der Waals surface area contributed by atoms with Gasteiger partial charge in [0.25, 0.3) is 0 Å². The summed E-state index contributed by atoms with van der Waals surface area (Å²) in [5.41, 5.74) is 5.58. The van der Waals surface area contributed by atoms with Crippen molar-refractivity contribution < 1.29 is 23.9 Å². The number of methoxy groups -OCH3 is 2. The van der Waals surface area contributed by atoms with Gasteiger partial charge in [-0.3, -0.25) is 14.6 Å². The van der Waals surface area contributed by atoms with Crippen LogP contribution in [0.25, 0.3) is 44.5 Å². The predicted octanol–water partition coefficient (Wildman–Crippen LogP) is 7.47. The van der Waals surface area contributed by atoms with Crippen molar-refractivity contribution in [3.63, 3.8) is 0 Å². The second-order valence-corrected chi connectivity index (χ2v) is 18.5. The first-order chi connectivity index (χ1) is 29.8. The fraction of sp³-hybridized carbons (Fsp3) is 0.458. The fourth-order valence-electron chi connectivity index (χ4n) is 10.9. The number of aromatic nitrogens is 5. The van der Waals surface area contributed by atoms with Gasteiger partial charge in [-0.1, -0.05) is 70.2 Å². The Labute approximate surface area is 362 Å². The van der Waals surface area contributed by atoms with Gasteiger partial charge >= 0.3 is 6.09 Å². The summed E-state index contributed by atoms with van der Waals surface area (Å²) in [7, 11) is 2.86. The van der Waals surface area contributed by atoms with Crippen LogP contribution in [-0.2, 0) is 30.1 Å². The average Bonchev–Trinajstić information content (AvgIpc) is 4.16. The van der Waals surface area contributed by atoms with Crippen LogP contribution in [0.5, 0.6) is 0 Å². The lowest BCUT2D eigenvalue weighted by Gasteiger charge is -2.40. The Morgan fingerprint density at radius 1 is 0.726 bits per heavy atom. The summed E-state index contributed by atoms with van der Waals surface area (Å²) < 4.78 is 10.1. The van der Waals surface area contributed by atoms with Gasteiger partial charge in [-0.05, 0) is 86.0 Å². The van der Waals surface area contributed by atoms with Crippen LogP contribution < -0.4 is 10.6 Å². The Bertz CT molecular complexity index is 2530. The lowest BCUT2D eigenvalue weighted by molar-refractivity contribution is -0.141. The minimum absolute atomic E-state index is 0.0439. The topological polar surface area (TPSA) is 170 Å². The fourth-order valence-corrected chi connectivity index (χ4v) is 10.9. The Morgan fingerprint density at radius 2 is 1.27 bits per heavy atom. The second kappa shape index (κ2) is 15.9. The third kappa shape index (κ3) is 6.87. The minimum atomic E-state index is -0.703. The van der Waals surface area contributed by atoms with Gasteiger partial charge < -0.3 is 39.9 Å². The number of hydrogen-bond acceptors (Lipinski definition) is 9. The number of imidazole rings is 2. The smallest absolute Gasteiger partial charge is 0.407 e. The molecule has 2 aliphatic heterocycles. The number of fused-ring (bicyclic) bond motifs is 5. The van der Waals surface area contributed by atoms with Gasteiger partial charge in [-0.25, -0.2) is 14.8 Å². The van der Waals surface area contributed by atoms with E-state index < -0.39 is 29.3 Å². The highest BCUT2D eigenvalue weighted by Gasteiger charge is 2.57. The molecule has 6 atom stereocenters. The van der Waals surface area contributed by atoms with E-state index in [9.17, 15) is 14.4 Å². The number of piperidine rings is 2. The van der Waals surface area contributed by atoms with Gasteiger partial charge in [0, 0.05) is 35.8 Å². The number of pyridine rings is 1. The number of nitrogens with zero attached hydrogens (tertiary/aromatic N) is 5. The molecule has 2 saturated carbocycles. The van der Waals surface area contributed by atoms with E-state index in [4.69, 9.17) is 24.4 Å². The van der Waals surface area contributed by atoms with Crippen molar-refractivity contribution in [1.29, 1.82) is 0 Å². The molecule has 2 aliphatic carbocycles. The second-order valence-electron chi connectivity index (χ2n) is 18.5. The molecule has 14 nitrogen and oxygen atoms in total. The molecule has 4 fully saturated rings. The number of benzene rings is 2. The Balaban J connectivity index is 0.966. The van der Waals surface area contributed by atoms with Crippen molar-refractivity contribution in [1.82, 2.24) is 45.4 Å². The number of likely N-dealkylation sites (tertiary alicyclic amines) is 2. The van der Waals surface area contributed by atoms with E-state index in [0.29, 0.717) is 30.8 Å². The highest BCUT2D eigenvalue weighted by Crippen LogP contribution is 2.54. The summed E-state index contributed by atoms with van der Waals surface area (Å²) in [6.45, 7) is 13.2. The van der Waals surface area contributed by atoms with Gasteiger partial charge in [-0.2, -0.15) is 0 Å². The maximum absolute atomic E-state index is 14.1. The molecule has 4 N–H and O–H groups in total. The number of aromatic amines is 2. The van der Waals surface area contributed by atoms with E-state index in [1.807, 2.05) is 62.2 Å². The number of ether oxygens (including phenoxy) is 2. The van der Waals surface area contributed by atoms with Crippen LogP contribution in [0.4, 0.5) is 4.79 Å². The molecule has 3 amide bonds. The van der Waals surface area contributed by atoms with Crippen molar-refractivity contribution in [2.45, 2.75) is 89.4 Å². The van der Waals surface area contributed by atoms with E-state index in [2.05, 4.69) is 69.6 Å². The minimum Gasteiger partial charge on any atom is -0.483 e. The monoisotopic (exact) mass is 839 g/mol. The third-order valence-corrected chi connectivity index (χ3v) is 14.1. The van der Waals surface area contributed by atoms with Gasteiger partial charge in [0.2, 0.25) is 11.8 Å². The number of hydrogen-bond donors (Lipinski definition) is 4. The van der Waals surface area contributed by atoms with Crippen molar-refractivity contribution >= 4 is 28.8 Å². The van der Waals surface area contributed by atoms with E-state index in [-0.39, 0.29) is 23.7 Å². The van der Waals surface area contributed by atoms with Crippen LogP contribution in [0.2, 0.25) is 0 Å². The summed E-state index contributed by atoms with van der Waals surface area (Å²) in [6, 6.07) is 15.5. The van der Waals surface area contributed by atoms with Gasteiger partial charge in [0.1, 0.15) is 34.8 Å². The quantitative estimate of drug-likeness (QED) is 0.0879. The molecule has 14 heteroatoms. The highest BCUT2D eigenvalue weighted by molar-refractivity contribution is 6.02. The third-order valence-electron chi connectivity index (χ3n) is 14.1. The molecule has 4 bridgehead atoms. The average molecular weight is 840 g/mol. The molecule has 4 aliphatic rings. The number of amides is 3. The van der Waals surface area contributed by atoms with Crippen molar-refractivity contribution in [3.8, 4) is 33.6 Å². The number of rotatable bonds is 13. The number of alkyl carbamates (subject to hydrolysis) is 1. The molecule has 9 rings (SSSR count). The molecule has 2 saturated heterocycles. The Hall–Kier alpha value is -6.18.